The Hall–Kier alpha value is -2.73. The summed E-state index contributed by atoms with van der Waals surface area (Å²) in [6.45, 7) is 1.46. The fourth-order valence-corrected chi connectivity index (χ4v) is 6.08. The summed E-state index contributed by atoms with van der Waals surface area (Å²) >= 11 is 5.88. The van der Waals surface area contributed by atoms with E-state index in [9.17, 15) is 28.1 Å². The van der Waals surface area contributed by atoms with Crippen molar-refractivity contribution in [3.8, 4) is 0 Å². The molecule has 13 heteroatoms. The molecule has 1 unspecified atom stereocenters. The van der Waals surface area contributed by atoms with Gasteiger partial charge in [-0.25, -0.2) is 13.4 Å². The van der Waals surface area contributed by atoms with Gasteiger partial charge >= 0.3 is 0 Å². The molecule has 1 atom stereocenters. The Morgan fingerprint density at radius 3 is 2.53 bits per heavy atom. The van der Waals surface area contributed by atoms with E-state index < -0.39 is 20.8 Å². The van der Waals surface area contributed by atoms with Gasteiger partial charge in [0.25, 0.3) is 11.6 Å². The van der Waals surface area contributed by atoms with E-state index >= 15 is 0 Å². The van der Waals surface area contributed by atoms with Gasteiger partial charge in [0.1, 0.15) is 11.4 Å². The molecule has 0 saturated carbocycles. The molecule has 0 N–H and O–H groups in total. The fourth-order valence-electron chi connectivity index (χ4n) is 4.22. The van der Waals surface area contributed by atoms with Gasteiger partial charge in [-0.1, -0.05) is 11.6 Å². The molecule has 4 rings (SSSR count). The first kappa shape index (κ1) is 22.5. The van der Waals surface area contributed by atoms with Crippen LogP contribution in [0.25, 0.3) is 0 Å². The molecule has 1 aromatic rings. The Labute approximate surface area is 189 Å². The van der Waals surface area contributed by atoms with E-state index in [4.69, 9.17) is 11.6 Å². The number of carbonyl (C=O) groups is 2. The van der Waals surface area contributed by atoms with Gasteiger partial charge in [-0.15, -0.1) is 0 Å². The van der Waals surface area contributed by atoms with Crippen LogP contribution in [0.2, 0.25) is 5.02 Å². The summed E-state index contributed by atoms with van der Waals surface area (Å²) < 4.78 is 23.5. The van der Waals surface area contributed by atoms with E-state index in [0.29, 0.717) is 38.3 Å². The van der Waals surface area contributed by atoms with E-state index in [2.05, 4.69) is 5.10 Å². The van der Waals surface area contributed by atoms with Gasteiger partial charge in [0.05, 0.1) is 22.5 Å². The maximum atomic E-state index is 13.0. The van der Waals surface area contributed by atoms with Crippen molar-refractivity contribution in [2.75, 3.05) is 42.6 Å². The molecule has 2 amide bonds. The van der Waals surface area contributed by atoms with E-state index in [1.807, 2.05) is 4.90 Å². The fraction of sp³-hybridized carbons (Fsp3) is 0.526. The Kier molecular flexibility index (Phi) is 6.08. The minimum absolute atomic E-state index is 0.0129. The molecular formula is C19H22ClN5O6S. The smallest absolute Gasteiger partial charge is 0.294 e. The molecular weight excluding hydrogens is 462 g/mol. The SMILES string of the molecule is O=C(C1=NN(C2CCS(=O)(=O)C2)C(=O)CC1)N1CCN(c2ccc(Cl)cc2[N+](=O)[O-])CC1. The lowest BCUT2D eigenvalue weighted by Crippen LogP contribution is -2.52. The molecule has 3 aliphatic rings. The van der Waals surface area contributed by atoms with E-state index in [0.717, 1.165) is 0 Å². The third-order valence-electron chi connectivity index (χ3n) is 5.90. The summed E-state index contributed by atoms with van der Waals surface area (Å²) in [6.07, 6.45) is 0.631. The summed E-state index contributed by atoms with van der Waals surface area (Å²) in [5.74, 6) is -0.696. The molecule has 2 saturated heterocycles. The highest BCUT2D eigenvalue weighted by Gasteiger charge is 2.38. The lowest BCUT2D eigenvalue weighted by atomic mass is 10.1. The number of piperazine rings is 1. The van der Waals surface area contributed by atoms with E-state index in [1.165, 1.54) is 11.1 Å². The van der Waals surface area contributed by atoms with Crippen LogP contribution in [0.1, 0.15) is 19.3 Å². The summed E-state index contributed by atoms with van der Waals surface area (Å²) in [5.41, 5.74) is 0.593. The summed E-state index contributed by atoms with van der Waals surface area (Å²) in [7, 11) is -3.19. The minimum atomic E-state index is -3.19. The Morgan fingerprint density at radius 2 is 1.91 bits per heavy atom. The van der Waals surface area contributed by atoms with Crippen LogP contribution >= 0.6 is 11.6 Å². The second-order valence-electron chi connectivity index (χ2n) is 8.01. The van der Waals surface area contributed by atoms with Crippen molar-refractivity contribution in [3.63, 3.8) is 0 Å². The number of rotatable bonds is 4. The van der Waals surface area contributed by atoms with Gasteiger partial charge in [-0.05, 0) is 18.6 Å². The molecule has 3 aliphatic heterocycles. The number of carbonyl (C=O) groups excluding carboxylic acids is 2. The van der Waals surface area contributed by atoms with Gasteiger partial charge in [-0.2, -0.15) is 5.10 Å². The molecule has 32 heavy (non-hydrogen) atoms. The van der Waals surface area contributed by atoms with Crippen LogP contribution in [0.4, 0.5) is 11.4 Å². The van der Waals surface area contributed by atoms with Gasteiger partial charge in [0.2, 0.25) is 5.91 Å². The van der Waals surface area contributed by atoms with Crippen molar-refractivity contribution >= 4 is 50.3 Å². The average molecular weight is 484 g/mol. The van der Waals surface area contributed by atoms with Crippen molar-refractivity contribution in [1.82, 2.24) is 9.91 Å². The largest absolute Gasteiger partial charge is 0.362 e. The van der Waals surface area contributed by atoms with Gasteiger partial charge in [-0.3, -0.25) is 19.7 Å². The molecule has 11 nitrogen and oxygen atoms in total. The number of anilines is 1. The number of nitro benzene ring substituents is 1. The number of sulfone groups is 1. The lowest BCUT2D eigenvalue weighted by molar-refractivity contribution is -0.384. The van der Waals surface area contributed by atoms with Crippen LogP contribution in [0.3, 0.4) is 0 Å². The molecule has 1 aromatic carbocycles. The van der Waals surface area contributed by atoms with E-state index in [1.54, 1.807) is 17.0 Å². The molecule has 3 heterocycles. The van der Waals surface area contributed by atoms with Crippen LogP contribution in [0, 0.1) is 10.1 Å². The second-order valence-corrected chi connectivity index (χ2v) is 10.7. The molecule has 0 bridgehead atoms. The predicted molar refractivity (Wildman–Crippen MR) is 117 cm³/mol. The molecule has 172 valence electrons. The average Bonchev–Trinajstić information content (AvgIpc) is 3.13. The minimum Gasteiger partial charge on any atom is -0.362 e. The summed E-state index contributed by atoms with van der Waals surface area (Å²) in [5, 5.41) is 17.1. The molecule has 0 aromatic heterocycles. The third kappa shape index (κ3) is 4.56. The Bertz CT molecular complexity index is 1100. The first-order valence-electron chi connectivity index (χ1n) is 10.2. The van der Waals surface area contributed by atoms with Crippen molar-refractivity contribution in [1.29, 1.82) is 0 Å². The van der Waals surface area contributed by atoms with Crippen LogP contribution in [-0.2, 0) is 19.4 Å². The highest BCUT2D eigenvalue weighted by molar-refractivity contribution is 7.91. The maximum Gasteiger partial charge on any atom is 0.294 e. The highest BCUT2D eigenvalue weighted by Crippen LogP contribution is 2.32. The Morgan fingerprint density at radius 1 is 1.19 bits per heavy atom. The highest BCUT2D eigenvalue weighted by atomic mass is 35.5. The number of hydrogen-bond acceptors (Lipinski definition) is 8. The normalized spacial score (nSPS) is 23.3. The van der Waals surface area contributed by atoms with Crippen LogP contribution in [0.5, 0.6) is 0 Å². The third-order valence-corrected chi connectivity index (χ3v) is 7.89. The number of hydrogen-bond donors (Lipinski definition) is 0. The van der Waals surface area contributed by atoms with Crippen molar-refractivity contribution in [2.45, 2.75) is 25.3 Å². The monoisotopic (exact) mass is 483 g/mol. The summed E-state index contributed by atoms with van der Waals surface area (Å²) in [4.78, 5) is 39.6. The lowest BCUT2D eigenvalue weighted by Gasteiger charge is -2.36. The number of hydrazone groups is 1. The van der Waals surface area contributed by atoms with Crippen molar-refractivity contribution < 1.29 is 22.9 Å². The molecule has 2 fully saturated rings. The number of nitro groups is 1. The van der Waals surface area contributed by atoms with Gasteiger partial charge in [0.15, 0.2) is 9.84 Å². The predicted octanol–water partition coefficient (Wildman–Crippen LogP) is 1.06. The van der Waals surface area contributed by atoms with Crippen LogP contribution in [0.15, 0.2) is 23.3 Å². The summed E-state index contributed by atoms with van der Waals surface area (Å²) in [6, 6.07) is 3.97. The van der Waals surface area contributed by atoms with Gasteiger partial charge in [0, 0.05) is 50.1 Å². The zero-order valence-electron chi connectivity index (χ0n) is 17.1. The van der Waals surface area contributed by atoms with Gasteiger partial charge < -0.3 is 9.80 Å². The topological polar surface area (TPSA) is 134 Å². The quantitative estimate of drug-likeness (QED) is 0.461. The molecule has 0 aliphatic carbocycles. The first-order chi connectivity index (χ1) is 15.1. The number of halogens is 1. The van der Waals surface area contributed by atoms with Crippen LogP contribution < -0.4 is 4.90 Å². The molecule has 0 spiro atoms. The Balaban J connectivity index is 1.44. The second kappa shape index (κ2) is 8.66. The number of nitrogens with zero attached hydrogens (tertiary/aromatic N) is 5. The maximum absolute atomic E-state index is 13.0. The zero-order chi connectivity index (χ0) is 23.0. The molecule has 0 radical (unpaired) electrons. The first-order valence-corrected chi connectivity index (χ1v) is 12.4. The van der Waals surface area contributed by atoms with Crippen molar-refractivity contribution in [2.24, 2.45) is 5.10 Å². The standard InChI is InChI=1S/C19H22ClN5O6S/c20-13-1-3-16(17(11-13)25(28)29)22-6-8-23(9-7-22)19(27)15-2-4-18(26)24(21-15)14-5-10-32(30,31)12-14/h1,3,11,14H,2,4-10,12H2. The number of benzene rings is 1. The van der Waals surface area contributed by atoms with Crippen LogP contribution in [-0.4, -0.2) is 84.5 Å². The number of amides is 2. The zero-order valence-corrected chi connectivity index (χ0v) is 18.7. The van der Waals surface area contributed by atoms with E-state index in [-0.39, 0.29) is 52.6 Å². The van der Waals surface area contributed by atoms with Crippen molar-refractivity contribution in [3.05, 3.63) is 33.3 Å².